The van der Waals surface area contributed by atoms with Crippen LogP contribution in [0.15, 0.2) is 23.1 Å². The van der Waals surface area contributed by atoms with Gasteiger partial charge >= 0.3 is 5.97 Å². The minimum atomic E-state index is -1.14. The maximum atomic E-state index is 13.9. The maximum absolute atomic E-state index is 13.9. The highest BCUT2D eigenvalue weighted by atomic mass is 35.5. The standard InChI is InChI=1S/C15H13ClFNO3S2/c1-7(2)12(14(20)21)18-13(19)11(23-15(18)22)6-8-9(16)4-3-5-10(8)17/h3-7,12H,1-2H3,(H,20,21)/b11-6-/t12-/m0/s1. The first-order valence-electron chi connectivity index (χ1n) is 6.68. The second-order valence-corrected chi connectivity index (χ2v) is 7.30. The van der Waals surface area contributed by atoms with Gasteiger partial charge in [0.05, 0.1) is 9.93 Å². The molecule has 1 saturated heterocycles. The van der Waals surface area contributed by atoms with Gasteiger partial charge in [0.25, 0.3) is 5.91 Å². The summed E-state index contributed by atoms with van der Waals surface area (Å²) in [5.74, 6) is -2.59. The van der Waals surface area contributed by atoms with Crippen LogP contribution in [0.4, 0.5) is 4.39 Å². The van der Waals surface area contributed by atoms with E-state index in [1.165, 1.54) is 24.3 Å². The van der Waals surface area contributed by atoms with Crippen molar-refractivity contribution in [2.24, 2.45) is 5.92 Å². The third-order valence-electron chi connectivity index (χ3n) is 3.26. The summed E-state index contributed by atoms with van der Waals surface area (Å²) in [5.41, 5.74) is 0.0751. The first kappa shape index (κ1) is 17.9. The van der Waals surface area contributed by atoms with Crippen molar-refractivity contribution < 1.29 is 19.1 Å². The summed E-state index contributed by atoms with van der Waals surface area (Å²) >= 11 is 12.0. The van der Waals surface area contributed by atoms with Crippen molar-refractivity contribution in [1.82, 2.24) is 4.90 Å². The lowest BCUT2D eigenvalue weighted by Gasteiger charge is -2.26. The lowest BCUT2D eigenvalue weighted by molar-refractivity contribution is -0.146. The molecule has 1 aromatic rings. The number of hydrogen-bond acceptors (Lipinski definition) is 4. The third-order valence-corrected chi connectivity index (χ3v) is 4.92. The summed E-state index contributed by atoms with van der Waals surface area (Å²) in [6, 6.07) is 3.13. The zero-order valence-electron chi connectivity index (χ0n) is 12.2. The van der Waals surface area contributed by atoms with Gasteiger partial charge in [-0.2, -0.15) is 0 Å². The van der Waals surface area contributed by atoms with E-state index in [0.717, 1.165) is 16.7 Å². The van der Waals surface area contributed by atoms with Gasteiger partial charge in [-0.05, 0) is 24.1 Å². The van der Waals surface area contributed by atoms with Crippen molar-refractivity contribution in [2.45, 2.75) is 19.9 Å². The van der Waals surface area contributed by atoms with Crippen LogP contribution in [-0.4, -0.2) is 32.2 Å². The summed E-state index contributed by atoms with van der Waals surface area (Å²) < 4.78 is 14.0. The monoisotopic (exact) mass is 373 g/mol. The number of carboxylic acids is 1. The van der Waals surface area contributed by atoms with Crippen LogP contribution >= 0.6 is 35.6 Å². The molecule has 0 saturated carbocycles. The molecular weight excluding hydrogens is 361 g/mol. The highest BCUT2D eigenvalue weighted by molar-refractivity contribution is 8.26. The van der Waals surface area contributed by atoms with E-state index >= 15 is 0 Å². The van der Waals surface area contributed by atoms with E-state index in [0.29, 0.717) is 0 Å². The van der Waals surface area contributed by atoms with E-state index in [-0.39, 0.29) is 25.7 Å². The number of hydrogen-bond donors (Lipinski definition) is 1. The van der Waals surface area contributed by atoms with Crippen LogP contribution in [0.3, 0.4) is 0 Å². The van der Waals surface area contributed by atoms with E-state index in [1.54, 1.807) is 13.8 Å². The Balaban J connectivity index is 2.42. The van der Waals surface area contributed by atoms with Crippen LogP contribution in [-0.2, 0) is 9.59 Å². The average Bonchev–Trinajstić information content (AvgIpc) is 2.70. The van der Waals surface area contributed by atoms with E-state index in [2.05, 4.69) is 0 Å². The first-order chi connectivity index (χ1) is 10.7. The quantitative estimate of drug-likeness (QED) is 0.642. The Morgan fingerprint density at radius 2 is 2.13 bits per heavy atom. The zero-order valence-corrected chi connectivity index (χ0v) is 14.6. The van der Waals surface area contributed by atoms with Crippen LogP contribution in [0.1, 0.15) is 19.4 Å². The normalized spacial score (nSPS) is 18.1. The molecule has 1 N–H and O–H groups in total. The third kappa shape index (κ3) is 3.57. The Labute approximate surface area is 147 Å². The van der Waals surface area contributed by atoms with Gasteiger partial charge in [0.15, 0.2) is 0 Å². The molecule has 0 radical (unpaired) electrons. The first-order valence-corrected chi connectivity index (χ1v) is 8.28. The van der Waals surface area contributed by atoms with Crippen LogP contribution in [0.2, 0.25) is 5.02 Å². The zero-order chi connectivity index (χ0) is 17.3. The Hall–Kier alpha value is -1.44. The number of benzene rings is 1. The molecule has 0 spiro atoms. The molecule has 4 nitrogen and oxygen atoms in total. The number of thioether (sulfide) groups is 1. The number of rotatable bonds is 4. The molecule has 23 heavy (non-hydrogen) atoms. The number of carbonyl (C=O) groups is 2. The van der Waals surface area contributed by atoms with Gasteiger partial charge in [-0.3, -0.25) is 9.69 Å². The molecule has 1 aliphatic heterocycles. The van der Waals surface area contributed by atoms with Crippen molar-refractivity contribution in [2.75, 3.05) is 0 Å². The fourth-order valence-corrected chi connectivity index (χ4v) is 3.72. The number of carbonyl (C=O) groups excluding carboxylic acids is 1. The number of amides is 1. The Morgan fingerprint density at radius 3 is 2.65 bits per heavy atom. The molecule has 0 unspecified atom stereocenters. The van der Waals surface area contributed by atoms with Gasteiger partial charge < -0.3 is 5.11 Å². The smallest absolute Gasteiger partial charge is 0.327 e. The highest BCUT2D eigenvalue weighted by Gasteiger charge is 2.42. The SMILES string of the molecule is CC(C)[C@@H](C(=O)O)N1C(=O)/C(=C/c2c(F)cccc2Cl)SC1=S. The summed E-state index contributed by atoms with van der Waals surface area (Å²) in [6.07, 6.45) is 1.30. The Morgan fingerprint density at radius 1 is 1.48 bits per heavy atom. The second-order valence-electron chi connectivity index (χ2n) is 5.21. The second kappa shape index (κ2) is 6.98. The van der Waals surface area contributed by atoms with Crippen LogP contribution < -0.4 is 0 Å². The Bertz CT molecular complexity index is 700. The molecular formula is C15H13ClFNO3S2. The van der Waals surface area contributed by atoms with Gasteiger partial charge in [0.1, 0.15) is 16.2 Å². The highest BCUT2D eigenvalue weighted by Crippen LogP contribution is 2.36. The summed E-state index contributed by atoms with van der Waals surface area (Å²) in [4.78, 5) is 25.2. The van der Waals surface area contributed by atoms with Crippen molar-refractivity contribution >= 4 is 57.9 Å². The van der Waals surface area contributed by atoms with Gasteiger partial charge in [-0.1, -0.05) is 55.5 Å². The van der Waals surface area contributed by atoms with Crippen molar-refractivity contribution in [3.63, 3.8) is 0 Å². The number of aliphatic carboxylic acids is 1. The van der Waals surface area contributed by atoms with Gasteiger partial charge in [0.2, 0.25) is 0 Å². The molecule has 8 heteroatoms. The van der Waals surface area contributed by atoms with Gasteiger partial charge in [-0.25, -0.2) is 9.18 Å². The van der Waals surface area contributed by atoms with Crippen LogP contribution in [0, 0.1) is 11.7 Å². The number of thiocarbonyl (C=S) groups is 1. The number of nitrogens with zero attached hydrogens (tertiary/aromatic N) is 1. The molecule has 122 valence electrons. The molecule has 2 rings (SSSR count). The number of carboxylic acid groups (broad SMARTS) is 1. The lowest BCUT2D eigenvalue weighted by Crippen LogP contribution is -2.47. The maximum Gasteiger partial charge on any atom is 0.327 e. The van der Waals surface area contributed by atoms with Crippen molar-refractivity contribution in [1.29, 1.82) is 0 Å². The molecule has 0 bridgehead atoms. The van der Waals surface area contributed by atoms with E-state index in [4.69, 9.17) is 23.8 Å². The van der Waals surface area contributed by atoms with E-state index in [9.17, 15) is 19.1 Å². The molecule has 0 aliphatic carbocycles. The van der Waals surface area contributed by atoms with E-state index < -0.39 is 23.7 Å². The minimum absolute atomic E-state index is 0.0751. The van der Waals surface area contributed by atoms with Gasteiger partial charge in [-0.15, -0.1) is 0 Å². The van der Waals surface area contributed by atoms with Crippen LogP contribution in [0.25, 0.3) is 6.08 Å². The molecule has 1 amide bonds. The summed E-state index contributed by atoms with van der Waals surface area (Å²) in [5, 5.41) is 9.50. The molecule has 0 aromatic heterocycles. The van der Waals surface area contributed by atoms with Crippen LogP contribution in [0.5, 0.6) is 0 Å². The van der Waals surface area contributed by atoms with Crippen molar-refractivity contribution in [3.8, 4) is 0 Å². The predicted molar refractivity (Wildman–Crippen MR) is 92.7 cm³/mol. The fourth-order valence-electron chi connectivity index (χ4n) is 2.19. The predicted octanol–water partition coefficient (Wildman–Crippen LogP) is 3.79. The minimum Gasteiger partial charge on any atom is -0.480 e. The molecule has 1 aromatic carbocycles. The molecule has 1 aliphatic rings. The van der Waals surface area contributed by atoms with Gasteiger partial charge in [0, 0.05) is 5.56 Å². The topological polar surface area (TPSA) is 57.6 Å². The summed E-state index contributed by atoms with van der Waals surface area (Å²) in [6.45, 7) is 3.38. The largest absolute Gasteiger partial charge is 0.480 e. The lowest BCUT2D eigenvalue weighted by atomic mass is 10.0. The average molecular weight is 374 g/mol. The summed E-state index contributed by atoms with van der Waals surface area (Å²) in [7, 11) is 0. The molecule has 1 fully saturated rings. The Kier molecular flexibility index (Phi) is 5.44. The number of halogens is 2. The molecule has 1 heterocycles. The van der Waals surface area contributed by atoms with Crippen molar-refractivity contribution in [3.05, 3.63) is 39.5 Å². The van der Waals surface area contributed by atoms with E-state index in [1.807, 2.05) is 0 Å². The fraction of sp³-hybridized carbons (Fsp3) is 0.267. The molecule has 1 atom stereocenters.